The second-order valence-electron chi connectivity index (χ2n) is 7.06. The average Bonchev–Trinajstić information content (AvgIpc) is 2.63. The van der Waals surface area contributed by atoms with Gasteiger partial charge in [-0.05, 0) is 25.3 Å². The first kappa shape index (κ1) is 24.1. The van der Waals surface area contributed by atoms with Crippen LogP contribution in [-0.2, 0) is 14.3 Å². The van der Waals surface area contributed by atoms with Gasteiger partial charge in [0.15, 0.2) is 0 Å². The summed E-state index contributed by atoms with van der Waals surface area (Å²) in [5, 5.41) is 3.11. The number of morpholine rings is 1. The van der Waals surface area contributed by atoms with E-state index >= 15 is 0 Å². The maximum atomic E-state index is 12.7. The summed E-state index contributed by atoms with van der Waals surface area (Å²) in [6.07, 6.45) is 1.15. The molecule has 3 rings (SSSR count). The van der Waals surface area contributed by atoms with Crippen molar-refractivity contribution < 1.29 is 14.3 Å². The number of ether oxygens (including phenoxy) is 2. The number of benzene rings is 1. The number of aryl methyl sites for hydroxylation is 1. The predicted octanol–water partition coefficient (Wildman–Crippen LogP) is 1.84. The monoisotopic (exact) mass is 419 g/mol. The van der Waals surface area contributed by atoms with Gasteiger partial charge >= 0.3 is 0 Å². The predicted molar refractivity (Wildman–Crippen MR) is 111 cm³/mol. The van der Waals surface area contributed by atoms with Crippen molar-refractivity contribution in [2.45, 2.75) is 31.3 Å². The molecule has 1 aromatic rings. The molecule has 0 spiro atoms. The highest BCUT2D eigenvalue weighted by Gasteiger charge is 2.36. The molecule has 0 aliphatic carbocycles. The van der Waals surface area contributed by atoms with Gasteiger partial charge in [-0.2, -0.15) is 0 Å². The molecule has 0 bridgehead atoms. The van der Waals surface area contributed by atoms with E-state index in [1.54, 1.807) is 0 Å². The normalized spacial score (nSPS) is 20.7. The molecule has 0 saturated carbocycles. The van der Waals surface area contributed by atoms with E-state index in [9.17, 15) is 4.79 Å². The lowest BCUT2D eigenvalue weighted by Gasteiger charge is -2.37. The molecule has 1 amide bonds. The van der Waals surface area contributed by atoms with Gasteiger partial charge < -0.3 is 20.5 Å². The first-order valence-corrected chi connectivity index (χ1v) is 9.12. The molecule has 2 aliphatic rings. The van der Waals surface area contributed by atoms with Crippen LogP contribution in [0.1, 0.15) is 30.0 Å². The van der Waals surface area contributed by atoms with Crippen LogP contribution in [0.15, 0.2) is 24.3 Å². The third kappa shape index (κ3) is 6.31. The van der Waals surface area contributed by atoms with Crippen LogP contribution in [0.3, 0.4) is 0 Å². The Morgan fingerprint density at radius 3 is 2.44 bits per heavy atom. The highest BCUT2D eigenvalue weighted by molar-refractivity contribution is 5.86. The third-order valence-electron chi connectivity index (χ3n) is 5.21. The highest BCUT2D eigenvalue weighted by Crippen LogP contribution is 2.23. The molecule has 6 nitrogen and oxygen atoms in total. The SMILES string of the molecule is Cc1cccc(C(CNC(=O)C2(N)CCOCC2)N2CCOCC2)c1.Cl.Cl. The molecule has 8 heteroatoms. The van der Waals surface area contributed by atoms with Gasteiger partial charge in [-0.1, -0.05) is 29.8 Å². The molecule has 1 atom stereocenters. The zero-order valence-electron chi connectivity index (χ0n) is 15.8. The molecule has 0 aromatic heterocycles. The van der Waals surface area contributed by atoms with Gasteiger partial charge in [-0.25, -0.2) is 0 Å². The Morgan fingerprint density at radius 2 is 1.81 bits per heavy atom. The quantitative estimate of drug-likeness (QED) is 0.760. The smallest absolute Gasteiger partial charge is 0.240 e. The van der Waals surface area contributed by atoms with Crippen molar-refractivity contribution >= 4 is 30.7 Å². The van der Waals surface area contributed by atoms with Crippen molar-refractivity contribution in [1.29, 1.82) is 0 Å². The lowest BCUT2D eigenvalue weighted by atomic mass is 9.90. The van der Waals surface area contributed by atoms with E-state index in [1.165, 1.54) is 11.1 Å². The second kappa shape index (κ2) is 11.2. The summed E-state index contributed by atoms with van der Waals surface area (Å²) in [6.45, 7) is 6.95. The van der Waals surface area contributed by atoms with Crippen LogP contribution in [0, 0.1) is 6.92 Å². The second-order valence-corrected chi connectivity index (χ2v) is 7.06. The van der Waals surface area contributed by atoms with E-state index in [0.29, 0.717) is 32.6 Å². The molecule has 27 heavy (non-hydrogen) atoms. The van der Waals surface area contributed by atoms with Crippen molar-refractivity contribution in [3.63, 3.8) is 0 Å². The lowest BCUT2D eigenvalue weighted by molar-refractivity contribution is -0.130. The Morgan fingerprint density at radius 1 is 1.19 bits per heavy atom. The summed E-state index contributed by atoms with van der Waals surface area (Å²) in [4.78, 5) is 15.1. The molecule has 0 radical (unpaired) electrons. The Balaban J connectivity index is 0.00000182. The van der Waals surface area contributed by atoms with E-state index in [2.05, 4.69) is 41.4 Å². The number of nitrogens with two attached hydrogens (primary N) is 1. The third-order valence-corrected chi connectivity index (χ3v) is 5.21. The van der Waals surface area contributed by atoms with Crippen molar-refractivity contribution in [3.8, 4) is 0 Å². The van der Waals surface area contributed by atoms with Crippen molar-refractivity contribution in [2.24, 2.45) is 5.73 Å². The van der Waals surface area contributed by atoms with Crippen LogP contribution < -0.4 is 11.1 Å². The van der Waals surface area contributed by atoms with E-state index < -0.39 is 5.54 Å². The minimum Gasteiger partial charge on any atom is -0.381 e. The number of carbonyl (C=O) groups is 1. The molecule has 2 heterocycles. The minimum atomic E-state index is -0.805. The van der Waals surface area contributed by atoms with Crippen LogP contribution in [0.25, 0.3) is 0 Å². The van der Waals surface area contributed by atoms with E-state index in [0.717, 1.165) is 26.3 Å². The van der Waals surface area contributed by atoms with Crippen LogP contribution in [-0.4, -0.2) is 62.4 Å². The molecule has 1 unspecified atom stereocenters. The van der Waals surface area contributed by atoms with Gasteiger partial charge in [0, 0.05) is 32.8 Å². The summed E-state index contributed by atoms with van der Waals surface area (Å²) in [5.74, 6) is -0.0679. The number of carbonyl (C=O) groups excluding carboxylic acids is 1. The number of hydrogen-bond donors (Lipinski definition) is 2. The Bertz CT molecular complexity index is 591. The van der Waals surface area contributed by atoms with E-state index in [1.807, 2.05) is 0 Å². The Hall–Kier alpha value is -0.890. The first-order chi connectivity index (χ1) is 12.1. The fraction of sp³-hybridized carbons (Fsp3) is 0.632. The number of halogens is 2. The van der Waals surface area contributed by atoms with E-state index in [-0.39, 0.29) is 36.8 Å². The molecule has 2 aliphatic heterocycles. The van der Waals surface area contributed by atoms with Gasteiger partial charge in [0.1, 0.15) is 0 Å². The minimum absolute atomic E-state index is 0. The molecule has 1 aromatic carbocycles. The average molecular weight is 420 g/mol. The van der Waals surface area contributed by atoms with Gasteiger partial charge in [-0.15, -0.1) is 24.8 Å². The van der Waals surface area contributed by atoms with Crippen LogP contribution in [0.5, 0.6) is 0 Å². The lowest BCUT2D eigenvalue weighted by Crippen LogP contribution is -2.58. The van der Waals surface area contributed by atoms with Crippen molar-refractivity contribution in [2.75, 3.05) is 46.1 Å². The summed E-state index contributed by atoms with van der Waals surface area (Å²) in [7, 11) is 0. The van der Waals surface area contributed by atoms with Crippen LogP contribution in [0.4, 0.5) is 0 Å². The zero-order chi connectivity index (χ0) is 17.7. The van der Waals surface area contributed by atoms with Crippen LogP contribution >= 0.6 is 24.8 Å². The van der Waals surface area contributed by atoms with Gasteiger partial charge in [0.25, 0.3) is 0 Å². The van der Waals surface area contributed by atoms with Crippen molar-refractivity contribution in [3.05, 3.63) is 35.4 Å². The zero-order valence-corrected chi connectivity index (χ0v) is 17.4. The van der Waals surface area contributed by atoms with Gasteiger partial charge in [0.2, 0.25) is 5.91 Å². The summed E-state index contributed by atoms with van der Waals surface area (Å²) < 4.78 is 10.8. The van der Waals surface area contributed by atoms with Crippen molar-refractivity contribution in [1.82, 2.24) is 10.2 Å². The maximum absolute atomic E-state index is 12.7. The van der Waals surface area contributed by atoms with Gasteiger partial charge in [0.05, 0.1) is 24.8 Å². The topological polar surface area (TPSA) is 76.8 Å². The number of nitrogens with one attached hydrogen (secondary N) is 1. The molecule has 154 valence electrons. The summed E-state index contributed by atoms with van der Waals surface area (Å²) in [6, 6.07) is 8.62. The highest BCUT2D eigenvalue weighted by atomic mass is 35.5. The maximum Gasteiger partial charge on any atom is 0.240 e. The number of nitrogens with zero attached hydrogens (tertiary/aromatic N) is 1. The number of rotatable bonds is 5. The number of amides is 1. The van der Waals surface area contributed by atoms with Gasteiger partial charge in [-0.3, -0.25) is 9.69 Å². The molecule has 2 saturated heterocycles. The first-order valence-electron chi connectivity index (χ1n) is 9.12. The van der Waals surface area contributed by atoms with Crippen LogP contribution in [0.2, 0.25) is 0 Å². The standard InChI is InChI=1S/C19H29N3O3.2ClH/c1-15-3-2-4-16(13-15)17(22-7-11-25-12-8-22)14-21-18(23)19(20)5-9-24-10-6-19;;/h2-4,13,17H,5-12,14,20H2,1H3,(H,21,23);2*1H. The largest absolute Gasteiger partial charge is 0.381 e. The molecular formula is C19H31Cl2N3O3. The molecular weight excluding hydrogens is 389 g/mol. The summed E-state index contributed by atoms with van der Waals surface area (Å²) >= 11 is 0. The van der Waals surface area contributed by atoms with E-state index in [4.69, 9.17) is 15.2 Å². The fourth-order valence-corrected chi connectivity index (χ4v) is 3.55. The molecule has 2 fully saturated rings. The fourth-order valence-electron chi connectivity index (χ4n) is 3.55. The molecule has 3 N–H and O–H groups in total. The Labute approximate surface area is 174 Å². The summed E-state index contributed by atoms with van der Waals surface area (Å²) in [5.41, 5.74) is 7.95. The number of hydrogen-bond acceptors (Lipinski definition) is 5. The Kier molecular flexibility index (Phi) is 10.0.